The van der Waals surface area contributed by atoms with Crippen molar-refractivity contribution in [2.45, 2.75) is 26.3 Å². The van der Waals surface area contributed by atoms with Crippen molar-refractivity contribution in [1.82, 2.24) is 5.32 Å². The van der Waals surface area contributed by atoms with E-state index in [2.05, 4.69) is 53.3 Å². The van der Waals surface area contributed by atoms with E-state index in [-0.39, 0.29) is 11.9 Å². The van der Waals surface area contributed by atoms with Crippen LogP contribution in [0.25, 0.3) is 0 Å². The molecule has 0 fully saturated rings. The van der Waals surface area contributed by atoms with E-state index in [0.29, 0.717) is 6.42 Å². The molecule has 0 aliphatic heterocycles. The van der Waals surface area contributed by atoms with Crippen molar-refractivity contribution in [2.24, 2.45) is 0 Å². The predicted octanol–water partition coefficient (Wildman–Crippen LogP) is 4.79. The number of rotatable bonds is 5. The molecule has 1 N–H and O–H groups in total. The molecule has 0 amide bonds. The van der Waals surface area contributed by atoms with Crippen LogP contribution in [-0.2, 0) is 6.42 Å². The summed E-state index contributed by atoms with van der Waals surface area (Å²) in [7, 11) is 0. The normalized spacial score (nSPS) is 12.4. The quantitative estimate of drug-likeness (QED) is 0.828. The van der Waals surface area contributed by atoms with Gasteiger partial charge in [-0.05, 0) is 48.7 Å². The Morgan fingerprint density at radius 3 is 2.60 bits per heavy atom. The second kappa shape index (κ2) is 7.00. The Morgan fingerprint density at radius 1 is 1.20 bits per heavy atom. The van der Waals surface area contributed by atoms with E-state index in [9.17, 15) is 4.39 Å². The zero-order valence-corrected chi connectivity index (χ0v) is 13.4. The molecule has 2 aromatic carbocycles. The van der Waals surface area contributed by atoms with Crippen LogP contribution in [0, 0.1) is 12.7 Å². The number of aryl methyl sites for hydroxylation is 1. The number of nitrogens with one attached hydrogen (secondary N) is 1. The highest BCUT2D eigenvalue weighted by Crippen LogP contribution is 2.24. The van der Waals surface area contributed by atoms with Crippen molar-refractivity contribution in [2.75, 3.05) is 6.54 Å². The van der Waals surface area contributed by atoms with E-state index in [0.717, 1.165) is 16.6 Å². The largest absolute Gasteiger partial charge is 0.310 e. The van der Waals surface area contributed by atoms with Crippen molar-refractivity contribution >= 4 is 15.9 Å². The van der Waals surface area contributed by atoms with Gasteiger partial charge in [0.1, 0.15) is 5.82 Å². The molecule has 2 rings (SSSR count). The molecule has 2 aromatic rings. The van der Waals surface area contributed by atoms with Gasteiger partial charge in [-0.25, -0.2) is 4.39 Å². The fourth-order valence-corrected chi connectivity index (χ4v) is 2.57. The first-order valence-electron chi connectivity index (χ1n) is 6.84. The maximum Gasteiger partial charge on any atom is 0.126 e. The van der Waals surface area contributed by atoms with Crippen LogP contribution in [0.2, 0.25) is 0 Å². The van der Waals surface area contributed by atoms with Crippen LogP contribution < -0.4 is 5.32 Å². The van der Waals surface area contributed by atoms with Crippen LogP contribution >= 0.6 is 15.9 Å². The average molecular weight is 336 g/mol. The van der Waals surface area contributed by atoms with Gasteiger partial charge in [0.2, 0.25) is 0 Å². The van der Waals surface area contributed by atoms with Crippen molar-refractivity contribution in [3.63, 3.8) is 0 Å². The third kappa shape index (κ3) is 3.68. The summed E-state index contributed by atoms with van der Waals surface area (Å²) in [6.45, 7) is 4.99. The fourth-order valence-electron chi connectivity index (χ4n) is 2.32. The lowest BCUT2D eigenvalue weighted by Gasteiger charge is -2.19. The number of hydrogen-bond donors (Lipinski definition) is 1. The van der Waals surface area contributed by atoms with Gasteiger partial charge in [-0.15, -0.1) is 0 Å². The van der Waals surface area contributed by atoms with Crippen LogP contribution in [0.5, 0.6) is 0 Å². The Hall–Kier alpha value is -1.19. The second-order valence-corrected chi connectivity index (χ2v) is 5.77. The molecule has 0 saturated carbocycles. The van der Waals surface area contributed by atoms with E-state index in [1.54, 1.807) is 6.07 Å². The van der Waals surface area contributed by atoms with Crippen molar-refractivity contribution in [1.29, 1.82) is 0 Å². The van der Waals surface area contributed by atoms with Gasteiger partial charge in [0.15, 0.2) is 0 Å². The summed E-state index contributed by atoms with van der Waals surface area (Å²) in [5.41, 5.74) is 3.13. The summed E-state index contributed by atoms with van der Waals surface area (Å²) in [5.74, 6) is -0.135. The van der Waals surface area contributed by atoms with Crippen LogP contribution in [0.1, 0.15) is 29.7 Å². The van der Waals surface area contributed by atoms with Gasteiger partial charge in [0.05, 0.1) is 0 Å². The van der Waals surface area contributed by atoms with E-state index in [1.165, 1.54) is 17.2 Å². The Bertz CT molecular complexity index is 583. The lowest BCUT2D eigenvalue weighted by molar-refractivity contribution is 0.527. The molecule has 0 aliphatic rings. The molecule has 20 heavy (non-hydrogen) atoms. The summed E-state index contributed by atoms with van der Waals surface area (Å²) in [6.07, 6.45) is 0.654. The van der Waals surface area contributed by atoms with E-state index in [1.807, 2.05) is 12.1 Å². The summed E-state index contributed by atoms with van der Waals surface area (Å²) < 4.78 is 14.9. The Morgan fingerprint density at radius 2 is 1.95 bits per heavy atom. The van der Waals surface area contributed by atoms with Gasteiger partial charge >= 0.3 is 0 Å². The van der Waals surface area contributed by atoms with Gasteiger partial charge in [-0.2, -0.15) is 0 Å². The first kappa shape index (κ1) is 15.2. The zero-order valence-electron chi connectivity index (χ0n) is 11.8. The summed E-state index contributed by atoms with van der Waals surface area (Å²) >= 11 is 3.52. The standard InChI is InChI=1S/C17H19BrFN/c1-3-20-17(11-13-6-4-5-7-16(13)19)14-8-9-15(18)12(2)10-14/h4-10,17,20H,3,11H2,1-2H3. The monoisotopic (exact) mass is 335 g/mol. The van der Waals surface area contributed by atoms with Crippen molar-refractivity contribution in [3.8, 4) is 0 Å². The smallest absolute Gasteiger partial charge is 0.126 e. The third-order valence-corrected chi connectivity index (χ3v) is 4.31. The van der Waals surface area contributed by atoms with Gasteiger partial charge in [-0.1, -0.05) is 53.2 Å². The summed E-state index contributed by atoms with van der Waals surface area (Å²) in [5, 5.41) is 3.44. The maximum atomic E-state index is 13.8. The highest BCUT2D eigenvalue weighted by atomic mass is 79.9. The van der Waals surface area contributed by atoms with Gasteiger partial charge in [0.25, 0.3) is 0 Å². The molecular weight excluding hydrogens is 317 g/mol. The number of hydrogen-bond acceptors (Lipinski definition) is 1. The molecule has 0 spiro atoms. The maximum absolute atomic E-state index is 13.8. The van der Waals surface area contributed by atoms with Crippen LogP contribution in [-0.4, -0.2) is 6.54 Å². The van der Waals surface area contributed by atoms with Crippen molar-refractivity contribution in [3.05, 3.63) is 69.4 Å². The van der Waals surface area contributed by atoms with E-state index >= 15 is 0 Å². The topological polar surface area (TPSA) is 12.0 Å². The summed E-state index contributed by atoms with van der Waals surface area (Å²) in [6, 6.07) is 13.4. The minimum atomic E-state index is -0.135. The molecule has 0 heterocycles. The molecule has 0 radical (unpaired) electrons. The molecule has 1 atom stereocenters. The third-order valence-electron chi connectivity index (χ3n) is 3.42. The Labute approximate surface area is 128 Å². The minimum absolute atomic E-state index is 0.128. The van der Waals surface area contributed by atoms with Crippen LogP contribution in [0.15, 0.2) is 46.9 Å². The molecule has 106 valence electrons. The molecule has 0 bridgehead atoms. The molecule has 0 aliphatic carbocycles. The first-order chi connectivity index (χ1) is 9.61. The lowest BCUT2D eigenvalue weighted by Crippen LogP contribution is -2.23. The van der Waals surface area contributed by atoms with Gasteiger partial charge < -0.3 is 5.32 Å². The molecular formula is C17H19BrFN. The predicted molar refractivity (Wildman–Crippen MR) is 85.4 cm³/mol. The lowest BCUT2D eigenvalue weighted by atomic mass is 9.97. The number of likely N-dealkylation sites (N-methyl/N-ethyl adjacent to an activating group) is 1. The van der Waals surface area contributed by atoms with Crippen LogP contribution in [0.3, 0.4) is 0 Å². The molecule has 1 nitrogen and oxygen atoms in total. The summed E-state index contributed by atoms with van der Waals surface area (Å²) in [4.78, 5) is 0. The molecule has 1 unspecified atom stereocenters. The Balaban J connectivity index is 2.27. The fraction of sp³-hybridized carbons (Fsp3) is 0.294. The van der Waals surface area contributed by atoms with Gasteiger partial charge in [-0.3, -0.25) is 0 Å². The first-order valence-corrected chi connectivity index (χ1v) is 7.64. The second-order valence-electron chi connectivity index (χ2n) is 4.91. The highest BCUT2D eigenvalue weighted by Gasteiger charge is 2.14. The van der Waals surface area contributed by atoms with Crippen LogP contribution in [0.4, 0.5) is 4.39 Å². The van der Waals surface area contributed by atoms with E-state index in [4.69, 9.17) is 0 Å². The number of halogens is 2. The molecule has 0 aromatic heterocycles. The minimum Gasteiger partial charge on any atom is -0.310 e. The number of benzene rings is 2. The highest BCUT2D eigenvalue weighted by molar-refractivity contribution is 9.10. The average Bonchev–Trinajstić information content (AvgIpc) is 2.44. The molecule has 0 saturated heterocycles. The van der Waals surface area contributed by atoms with Gasteiger partial charge in [0, 0.05) is 10.5 Å². The Kier molecular flexibility index (Phi) is 5.32. The zero-order chi connectivity index (χ0) is 14.5. The SMILES string of the molecule is CCNC(Cc1ccccc1F)c1ccc(Br)c(C)c1. The molecule has 3 heteroatoms. The van der Waals surface area contributed by atoms with Crippen molar-refractivity contribution < 1.29 is 4.39 Å². The van der Waals surface area contributed by atoms with E-state index < -0.39 is 0 Å².